The number of carbonyl (C=O) groups is 2. The number of amides is 3. The number of ether oxygens (including phenoxy) is 3. The van der Waals surface area contributed by atoms with Gasteiger partial charge in [-0.2, -0.15) is 0 Å². The van der Waals surface area contributed by atoms with E-state index < -0.39 is 6.03 Å². The third kappa shape index (κ3) is 6.45. The van der Waals surface area contributed by atoms with Crippen molar-refractivity contribution >= 4 is 29.0 Å². The van der Waals surface area contributed by atoms with Gasteiger partial charge >= 0.3 is 6.03 Å². The standard InChI is InChI=1S/C27H30N4O5/c1-34-22-8-3-19(4-9-22)18-28-26(32)20-5-12-25(31-13-15-36-16-14-31)24(17-20)30-27(33)29-21-6-10-23(35-2)11-7-21/h3-12,17H,13-16,18H2,1-2H3,(H,28,32)(H2,29,30,33). The van der Waals surface area contributed by atoms with Gasteiger partial charge in [-0.1, -0.05) is 12.1 Å². The molecule has 36 heavy (non-hydrogen) atoms. The minimum atomic E-state index is -0.412. The van der Waals surface area contributed by atoms with E-state index >= 15 is 0 Å². The van der Waals surface area contributed by atoms with Gasteiger partial charge in [-0.25, -0.2) is 4.79 Å². The number of morpholine rings is 1. The van der Waals surface area contributed by atoms with E-state index in [1.165, 1.54) is 0 Å². The molecule has 0 aromatic heterocycles. The lowest BCUT2D eigenvalue weighted by molar-refractivity contribution is 0.0951. The van der Waals surface area contributed by atoms with Gasteiger partial charge in [0.05, 0.1) is 38.8 Å². The first-order valence-electron chi connectivity index (χ1n) is 11.7. The lowest BCUT2D eigenvalue weighted by Crippen LogP contribution is -2.37. The molecule has 1 saturated heterocycles. The van der Waals surface area contributed by atoms with Crippen molar-refractivity contribution in [3.05, 3.63) is 77.9 Å². The summed E-state index contributed by atoms with van der Waals surface area (Å²) in [7, 11) is 3.20. The number of methoxy groups -OCH3 is 2. The second-order valence-corrected chi connectivity index (χ2v) is 8.17. The number of hydrogen-bond acceptors (Lipinski definition) is 6. The average Bonchev–Trinajstić information content (AvgIpc) is 2.92. The zero-order valence-corrected chi connectivity index (χ0v) is 20.4. The van der Waals surface area contributed by atoms with Gasteiger partial charge in [0.25, 0.3) is 5.91 Å². The van der Waals surface area contributed by atoms with E-state index in [0.717, 1.165) is 17.0 Å². The Balaban J connectivity index is 1.48. The normalized spacial score (nSPS) is 13.0. The van der Waals surface area contributed by atoms with Crippen molar-refractivity contribution in [1.29, 1.82) is 0 Å². The summed E-state index contributed by atoms with van der Waals surface area (Å²) in [6, 6.07) is 19.4. The molecule has 0 saturated carbocycles. The Labute approximate surface area is 210 Å². The molecule has 0 bridgehead atoms. The zero-order chi connectivity index (χ0) is 25.3. The predicted molar refractivity (Wildman–Crippen MR) is 139 cm³/mol. The molecule has 188 valence electrons. The molecule has 9 nitrogen and oxygen atoms in total. The van der Waals surface area contributed by atoms with Crippen LogP contribution < -0.4 is 30.3 Å². The Morgan fingerprint density at radius 2 is 1.50 bits per heavy atom. The lowest BCUT2D eigenvalue weighted by atomic mass is 10.1. The molecule has 0 unspecified atom stereocenters. The van der Waals surface area contributed by atoms with E-state index in [-0.39, 0.29) is 5.91 Å². The van der Waals surface area contributed by atoms with Crippen molar-refractivity contribution in [2.45, 2.75) is 6.54 Å². The van der Waals surface area contributed by atoms with E-state index in [0.29, 0.717) is 55.5 Å². The second-order valence-electron chi connectivity index (χ2n) is 8.17. The van der Waals surface area contributed by atoms with Crippen molar-refractivity contribution < 1.29 is 23.8 Å². The van der Waals surface area contributed by atoms with E-state index in [2.05, 4.69) is 20.9 Å². The predicted octanol–water partition coefficient (Wildman–Crippen LogP) is 4.11. The minimum Gasteiger partial charge on any atom is -0.497 e. The summed E-state index contributed by atoms with van der Waals surface area (Å²) in [6.07, 6.45) is 0. The second kappa shape index (κ2) is 11.9. The fourth-order valence-electron chi connectivity index (χ4n) is 3.84. The van der Waals surface area contributed by atoms with Crippen LogP contribution in [0.25, 0.3) is 0 Å². The highest BCUT2D eigenvalue weighted by atomic mass is 16.5. The molecule has 3 aromatic carbocycles. The quantitative estimate of drug-likeness (QED) is 0.439. The van der Waals surface area contributed by atoms with Gasteiger partial charge in [0.15, 0.2) is 0 Å². The van der Waals surface area contributed by atoms with E-state index in [1.807, 2.05) is 30.3 Å². The third-order valence-corrected chi connectivity index (χ3v) is 5.82. The summed E-state index contributed by atoms with van der Waals surface area (Å²) in [5, 5.41) is 8.66. The fraction of sp³-hybridized carbons (Fsp3) is 0.259. The summed E-state index contributed by atoms with van der Waals surface area (Å²) in [5.74, 6) is 1.22. The first-order valence-corrected chi connectivity index (χ1v) is 11.7. The first kappa shape index (κ1) is 24.9. The molecule has 1 aliphatic heterocycles. The van der Waals surface area contributed by atoms with Crippen LogP contribution in [-0.4, -0.2) is 52.5 Å². The van der Waals surface area contributed by atoms with Gasteiger partial charge in [0.2, 0.25) is 0 Å². The number of benzene rings is 3. The highest BCUT2D eigenvalue weighted by Gasteiger charge is 2.18. The average molecular weight is 491 g/mol. The van der Waals surface area contributed by atoms with Crippen molar-refractivity contribution in [2.24, 2.45) is 0 Å². The fourth-order valence-corrected chi connectivity index (χ4v) is 3.84. The molecule has 0 atom stereocenters. The van der Waals surface area contributed by atoms with Crippen LogP contribution in [-0.2, 0) is 11.3 Å². The molecule has 3 aromatic rings. The summed E-state index contributed by atoms with van der Waals surface area (Å²) in [6.45, 7) is 2.95. The van der Waals surface area contributed by atoms with Gasteiger partial charge in [-0.3, -0.25) is 4.79 Å². The molecule has 1 fully saturated rings. The maximum absolute atomic E-state index is 12.9. The number of hydrogen-bond donors (Lipinski definition) is 3. The van der Waals surface area contributed by atoms with E-state index in [9.17, 15) is 9.59 Å². The Morgan fingerprint density at radius 1 is 0.861 bits per heavy atom. The SMILES string of the molecule is COc1ccc(CNC(=O)c2ccc(N3CCOCC3)c(NC(=O)Nc3ccc(OC)cc3)c2)cc1. The van der Waals surface area contributed by atoms with Gasteiger partial charge in [-0.05, 0) is 60.2 Å². The van der Waals surface area contributed by atoms with Crippen LogP contribution in [0.15, 0.2) is 66.7 Å². The molecule has 4 rings (SSSR count). The first-order chi connectivity index (χ1) is 17.6. The van der Waals surface area contributed by atoms with Crippen LogP contribution in [0.2, 0.25) is 0 Å². The molecule has 3 N–H and O–H groups in total. The van der Waals surface area contributed by atoms with Crippen LogP contribution in [0.1, 0.15) is 15.9 Å². The van der Waals surface area contributed by atoms with E-state index in [4.69, 9.17) is 14.2 Å². The highest BCUT2D eigenvalue weighted by Crippen LogP contribution is 2.29. The Hall–Kier alpha value is -4.24. The van der Waals surface area contributed by atoms with Crippen LogP contribution in [0.3, 0.4) is 0 Å². The smallest absolute Gasteiger partial charge is 0.323 e. The topological polar surface area (TPSA) is 101 Å². The number of anilines is 3. The lowest BCUT2D eigenvalue weighted by Gasteiger charge is -2.30. The number of rotatable bonds is 8. The maximum atomic E-state index is 12.9. The summed E-state index contributed by atoms with van der Waals surface area (Å²) in [5.41, 5.74) is 3.39. The number of carbonyl (C=O) groups excluding carboxylic acids is 2. The van der Waals surface area contributed by atoms with Crippen molar-refractivity contribution in [3.63, 3.8) is 0 Å². The largest absolute Gasteiger partial charge is 0.497 e. The van der Waals surface area contributed by atoms with Crippen LogP contribution in [0.5, 0.6) is 11.5 Å². The molecule has 3 amide bonds. The monoisotopic (exact) mass is 490 g/mol. The Bertz CT molecular complexity index is 1180. The summed E-state index contributed by atoms with van der Waals surface area (Å²) < 4.78 is 15.8. The van der Waals surface area contributed by atoms with Crippen LogP contribution in [0.4, 0.5) is 21.9 Å². The summed E-state index contributed by atoms with van der Waals surface area (Å²) >= 11 is 0. The number of nitrogens with one attached hydrogen (secondary N) is 3. The van der Waals surface area contributed by atoms with Gasteiger partial charge in [0, 0.05) is 30.9 Å². The van der Waals surface area contributed by atoms with Crippen molar-refractivity contribution in [1.82, 2.24) is 5.32 Å². The molecule has 1 aliphatic rings. The third-order valence-electron chi connectivity index (χ3n) is 5.82. The minimum absolute atomic E-state index is 0.238. The summed E-state index contributed by atoms with van der Waals surface area (Å²) in [4.78, 5) is 27.8. The molecular formula is C27H30N4O5. The number of urea groups is 1. The molecule has 0 aliphatic carbocycles. The zero-order valence-electron chi connectivity index (χ0n) is 20.4. The molecule has 0 radical (unpaired) electrons. The van der Waals surface area contributed by atoms with Crippen LogP contribution in [0, 0.1) is 0 Å². The highest BCUT2D eigenvalue weighted by molar-refractivity contribution is 6.04. The van der Waals surface area contributed by atoms with Gasteiger partial charge < -0.3 is 35.1 Å². The van der Waals surface area contributed by atoms with Crippen molar-refractivity contribution in [2.75, 3.05) is 56.1 Å². The molecular weight excluding hydrogens is 460 g/mol. The molecule has 9 heteroatoms. The van der Waals surface area contributed by atoms with Crippen LogP contribution >= 0.6 is 0 Å². The van der Waals surface area contributed by atoms with Gasteiger partial charge in [-0.15, -0.1) is 0 Å². The Kier molecular flexibility index (Phi) is 8.25. The Morgan fingerprint density at radius 3 is 2.14 bits per heavy atom. The number of nitrogens with zero attached hydrogens (tertiary/aromatic N) is 1. The maximum Gasteiger partial charge on any atom is 0.323 e. The van der Waals surface area contributed by atoms with Gasteiger partial charge in [0.1, 0.15) is 11.5 Å². The van der Waals surface area contributed by atoms with E-state index in [1.54, 1.807) is 50.6 Å². The molecule has 0 spiro atoms. The molecule has 1 heterocycles. The van der Waals surface area contributed by atoms with Crippen molar-refractivity contribution in [3.8, 4) is 11.5 Å².